The van der Waals surface area contributed by atoms with Gasteiger partial charge in [-0.1, -0.05) is 27.7 Å². The predicted molar refractivity (Wildman–Crippen MR) is 75.0 cm³/mol. The standard InChI is InChI=1S/C12H12N2.2C2H6/c1-3-7-13-9-10-14-8-4-2-6-12(14)11(13)5-1;2*1-2/h1-8H,9-10H2;2*1-2H3/q+2;;. The molecule has 0 fully saturated rings. The van der Waals surface area contributed by atoms with Crippen LogP contribution in [0.4, 0.5) is 0 Å². The Hall–Kier alpha value is -1.70. The van der Waals surface area contributed by atoms with Gasteiger partial charge >= 0.3 is 0 Å². The number of aromatic nitrogens is 2. The summed E-state index contributed by atoms with van der Waals surface area (Å²) in [5.74, 6) is 0. The van der Waals surface area contributed by atoms with Gasteiger partial charge in [0.25, 0.3) is 11.4 Å². The van der Waals surface area contributed by atoms with Crippen molar-refractivity contribution in [3.63, 3.8) is 0 Å². The summed E-state index contributed by atoms with van der Waals surface area (Å²) in [4.78, 5) is 0. The van der Waals surface area contributed by atoms with E-state index in [1.54, 1.807) is 0 Å². The lowest BCUT2D eigenvalue weighted by Crippen LogP contribution is -2.52. The maximum atomic E-state index is 2.30. The summed E-state index contributed by atoms with van der Waals surface area (Å²) in [6.07, 6.45) is 4.29. The predicted octanol–water partition coefficient (Wildman–Crippen LogP) is 2.99. The molecule has 0 N–H and O–H groups in total. The quantitative estimate of drug-likeness (QED) is 0.629. The van der Waals surface area contributed by atoms with E-state index in [1.807, 2.05) is 27.7 Å². The Labute approximate surface area is 111 Å². The zero-order chi connectivity index (χ0) is 13.4. The van der Waals surface area contributed by atoms with Gasteiger partial charge in [-0.2, -0.15) is 9.13 Å². The van der Waals surface area contributed by atoms with Gasteiger partial charge in [-0.3, -0.25) is 0 Å². The first-order valence-electron chi connectivity index (χ1n) is 6.92. The number of hydrogen-bond acceptors (Lipinski definition) is 0. The first-order valence-corrected chi connectivity index (χ1v) is 6.92. The Kier molecular flexibility index (Phi) is 6.06. The minimum Gasteiger partial charge on any atom is -0.187 e. The molecule has 1 aliphatic heterocycles. The van der Waals surface area contributed by atoms with Gasteiger partial charge in [0, 0.05) is 24.3 Å². The summed E-state index contributed by atoms with van der Waals surface area (Å²) < 4.78 is 4.60. The molecule has 2 aromatic heterocycles. The number of pyridine rings is 2. The average molecular weight is 244 g/mol. The lowest BCUT2D eigenvalue weighted by Gasteiger charge is -2.08. The molecule has 2 aromatic rings. The molecule has 1 aliphatic rings. The van der Waals surface area contributed by atoms with Crippen LogP contribution in [0.15, 0.2) is 48.8 Å². The molecule has 96 valence electrons. The molecule has 0 atom stereocenters. The SMILES string of the molecule is CC.CC.c1cc[n+]2c(c1)-c1cccc[n+]1CC2. The summed E-state index contributed by atoms with van der Waals surface area (Å²) >= 11 is 0. The van der Waals surface area contributed by atoms with Crippen molar-refractivity contribution >= 4 is 0 Å². The van der Waals surface area contributed by atoms with Gasteiger partial charge in [0.1, 0.15) is 0 Å². The second-order valence-corrected chi connectivity index (χ2v) is 3.56. The Morgan fingerprint density at radius 1 is 0.667 bits per heavy atom. The van der Waals surface area contributed by atoms with Crippen molar-refractivity contribution in [1.82, 2.24) is 0 Å². The van der Waals surface area contributed by atoms with Crippen molar-refractivity contribution in [2.24, 2.45) is 0 Å². The van der Waals surface area contributed by atoms with E-state index in [-0.39, 0.29) is 0 Å². The fourth-order valence-electron chi connectivity index (χ4n) is 2.02. The van der Waals surface area contributed by atoms with Crippen LogP contribution in [0.3, 0.4) is 0 Å². The van der Waals surface area contributed by atoms with Gasteiger partial charge in [-0.15, -0.1) is 0 Å². The van der Waals surface area contributed by atoms with Crippen LogP contribution in [0, 0.1) is 0 Å². The molecule has 0 bridgehead atoms. The maximum absolute atomic E-state index is 2.30. The van der Waals surface area contributed by atoms with Gasteiger partial charge in [-0.05, 0) is 12.1 Å². The molecule has 0 spiro atoms. The zero-order valence-corrected chi connectivity index (χ0v) is 11.9. The average Bonchev–Trinajstić information content (AvgIpc) is 2.51. The molecule has 0 aromatic carbocycles. The summed E-state index contributed by atoms with van der Waals surface area (Å²) in [6.45, 7) is 10.1. The van der Waals surface area contributed by atoms with Crippen molar-refractivity contribution in [1.29, 1.82) is 0 Å². The molecule has 3 heterocycles. The second-order valence-electron chi connectivity index (χ2n) is 3.56. The Balaban J connectivity index is 0.000000371. The topological polar surface area (TPSA) is 7.76 Å². The molecule has 0 unspecified atom stereocenters. The molecular formula is C16H24N2+2. The van der Waals surface area contributed by atoms with E-state index >= 15 is 0 Å². The molecule has 2 nitrogen and oxygen atoms in total. The molecule has 2 heteroatoms. The van der Waals surface area contributed by atoms with Crippen LogP contribution >= 0.6 is 0 Å². The molecule has 0 aliphatic carbocycles. The van der Waals surface area contributed by atoms with E-state index in [0.29, 0.717) is 0 Å². The summed E-state index contributed by atoms with van der Waals surface area (Å²) in [5, 5.41) is 0. The molecule has 0 amide bonds. The molecule has 3 rings (SSSR count). The number of rotatable bonds is 0. The van der Waals surface area contributed by atoms with Crippen LogP contribution in [-0.2, 0) is 13.1 Å². The van der Waals surface area contributed by atoms with Crippen molar-refractivity contribution in [3.8, 4) is 11.4 Å². The number of aryl methyl sites for hydroxylation is 2. The Bertz CT molecular complexity index is 433. The van der Waals surface area contributed by atoms with E-state index in [9.17, 15) is 0 Å². The zero-order valence-electron chi connectivity index (χ0n) is 11.9. The van der Waals surface area contributed by atoms with Crippen LogP contribution in [0.5, 0.6) is 0 Å². The molecule has 0 radical (unpaired) electrons. The van der Waals surface area contributed by atoms with Gasteiger partial charge in [0.2, 0.25) is 13.1 Å². The lowest BCUT2D eigenvalue weighted by molar-refractivity contribution is -0.794. The highest BCUT2D eigenvalue weighted by atomic mass is 15.1. The number of fused-ring (bicyclic) bond motifs is 3. The van der Waals surface area contributed by atoms with E-state index in [2.05, 4.69) is 57.9 Å². The fraction of sp³-hybridized carbons (Fsp3) is 0.375. The van der Waals surface area contributed by atoms with E-state index < -0.39 is 0 Å². The fourth-order valence-corrected chi connectivity index (χ4v) is 2.02. The minimum atomic E-state index is 1.07. The molecule has 0 saturated heterocycles. The Morgan fingerprint density at radius 2 is 1.06 bits per heavy atom. The van der Waals surface area contributed by atoms with E-state index in [1.165, 1.54) is 11.4 Å². The minimum absolute atomic E-state index is 1.07. The van der Waals surface area contributed by atoms with Crippen LogP contribution in [0.25, 0.3) is 11.4 Å². The van der Waals surface area contributed by atoms with Crippen molar-refractivity contribution in [2.75, 3.05) is 0 Å². The second kappa shape index (κ2) is 7.59. The van der Waals surface area contributed by atoms with Gasteiger partial charge < -0.3 is 0 Å². The summed E-state index contributed by atoms with van der Waals surface area (Å²) in [7, 11) is 0. The molecular weight excluding hydrogens is 220 g/mol. The third-order valence-electron chi connectivity index (χ3n) is 2.73. The van der Waals surface area contributed by atoms with Crippen LogP contribution in [-0.4, -0.2) is 0 Å². The monoisotopic (exact) mass is 244 g/mol. The lowest BCUT2D eigenvalue weighted by atomic mass is 10.2. The largest absolute Gasteiger partial charge is 0.277 e. The summed E-state index contributed by atoms with van der Waals surface area (Å²) in [6, 6.07) is 12.7. The molecule has 0 saturated carbocycles. The molecule has 18 heavy (non-hydrogen) atoms. The first kappa shape index (κ1) is 14.4. The van der Waals surface area contributed by atoms with E-state index in [4.69, 9.17) is 0 Å². The number of nitrogens with zero attached hydrogens (tertiary/aromatic N) is 2. The summed E-state index contributed by atoms with van der Waals surface area (Å²) in [5.41, 5.74) is 2.61. The highest BCUT2D eigenvalue weighted by Gasteiger charge is 2.27. The first-order chi connectivity index (χ1) is 8.95. The van der Waals surface area contributed by atoms with Gasteiger partial charge in [0.15, 0.2) is 12.4 Å². The van der Waals surface area contributed by atoms with E-state index in [0.717, 1.165) is 13.1 Å². The van der Waals surface area contributed by atoms with Gasteiger partial charge in [-0.25, -0.2) is 0 Å². The van der Waals surface area contributed by atoms with Crippen LogP contribution in [0.2, 0.25) is 0 Å². The van der Waals surface area contributed by atoms with Crippen molar-refractivity contribution in [2.45, 2.75) is 40.8 Å². The number of hydrogen-bond donors (Lipinski definition) is 0. The van der Waals surface area contributed by atoms with Crippen LogP contribution < -0.4 is 9.13 Å². The Morgan fingerprint density at radius 3 is 1.44 bits per heavy atom. The highest BCUT2D eigenvalue weighted by Crippen LogP contribution is 2.11. The maximum Gasteiger partial charge on any atom is 0.277 e. The smallest absolute Gasteiger partial charge is 0.187 e. The third kappa shape index (κ3) is 2.95. The third-order valence-corrected chi connectivity index (χ3v) is 2.73. The highest BCUT2D eigenvalue weighted by molar-refractivity contribution is 5.46. The normalized spacial score (nSPS) is 10.9. The van der Waals surface area contributed by atoms with Crippen molar-refractivity contribution < 1.29 is 9.13 Å². The van der Waals surface area contributed by atoms with Gasteiger partial charge in [0.05, 0.1) is 0 Å². The van der Waals surface area contributed by atoms with Crippen molar-refractivity contribution in [3.05, 3.63) is 48.8 Å². The van der Waals surface area contributed by atoms with Crippen LogP contribution in [0.1, 0.15) is 27.7 Å².